The van der Waals surface area contributed by atoms with E-state index in [0.717, 1.165) is 18.5 Å². The number of benzene rings is 2. The van der Waals surface area contributed by atoms with Crippen LogP contribution < -0.4 is 16.0 Å². The first kappa shape index (κ1) is 19.4. The molecular weight excluding hydrogens is 356 g/mol. The van der Waals surface area contributed by atoms with E-state index < -0.39 is 0 Å². The maximum Gasteiger partial charge on any atom is 0.321 e. The van der Waals surface area contributed by atoms with Gasteiger partial charge < -0.3 is 20.9 Å². The highest BCUT2D eigenvalue weighted by Gasteiger charge is 2.28. The fourth-order valence-corrected chi connectivity index (χ4v) is 3.18. The Morgan fingerprint density at radius 3 is 2.11 bits per heavy atom. The van der Waals surface area contributed by atoms with Crippen molar-refractivity contribution >= 4 is 34.9 Å². The molecule has 4 amide bonds. The van der Waals surface area contributed by atoms with Crippen LogP contribution in [0.25, 0.3) is 0 Å². The minimum atomic E-state index is -0.259. The molecule has 0 aliphatic carbocycles. The van der Waals surface area contributed by atoms with Gasteiger partial charge in [-0.1, -0.05) is 18.2 Å². The van der Waals surface area contributed by atoms with Gasteiger partial charge in [0.05, 0.1) is 5.92 Å². The Morgan fingerprint density at radius 2 is 1.46 bits per heavy atom. The second-order valence-electron chi connectivity index (χ2n) is 6.83. The topological polar surface area (TPSA) is 90.5 Å². The van der Waals surface area contributed by atoms with Crippen LogP contribution >= 0.6 is 0 Å². The van der Waals surface area contributed by atoms with Crippen molar-refractivity contribution in [2.24, 2.45) is 5.92 Å². The molecule has 28 heavy (non-hydrogen) atoms. The molecule has 3 N–H and O–H groups in total. The molecule has 1 aliphatic rings. The number of amides is 4. The summed E-state index contributed by atoms with van der Waals surface area (Å²) in [6.45, 7) is 2.46. The Bertz CT molecular complexity index is 836. The Labute approximate surface area is 164 Å². The van der Waals surface area contributed by atoms with Crippen molar-refractivity contribution in [2.45, 2.75) is 19.8 Å². The first-order chi connectivity index (χ1) is 13.5. The number of hydrogen-bond donors (Lipinski definition) is 3. The minimum absolute atomic E-state index is 0.107. The van der Waals surface area contributed by atoms with Crippen LogP contribution in [-0.4, -0.2) is 35.8 Å². The SMILES string of the molecule is CC(=O)Nc1ccc(NC(=O)[C@H]2CCCN(C(=O)Nc3ccccc3)C2)cc1. The lowest BCUT2D eigenvalue weighted by atomic mass is 9.97. The van der Waals surface area contributed by atoms with Gasteiger partial charge in [-0.3, -0.25) is 9.59 Å². The standard InChI is InChI=1S/C21H24N4O3/c1-15(26)22-18-9-11-19(12-10-18)23-20(27)16-6-5-13-25(14-16)21(28)24-17-7-3-2-4-8-17/h2-4,7-12,16H,5-6,13-14H2,1H3,(H,22,26)(H,23,27)(H,24,28)/t16-/m0/s1. The number of rotatable bonds is 4. The van der Waals surface area contributed by atoms with Gasteiger partial charge >= 0.3 is 6.03 Å². The molecule has 7 heteroatoms. The minimum Gasteiger partial charge on any atom is -0.326 e. The van der Waals surface area contributed by atoms with Gasteiger partial charge in [0.25, 0.3) is 0 Å². The van der Waals surface area contributed by atoms with E-state index in [1.165, 1.54) is 6.92 Å². The van der Waals surface area contributed by atoms with Gasteiger partial charge in [-0.05, 0) is 49.2 Å². The largest absolute Gasteiger partial charge is 0.326 e. The van der Waals surface area contributed by atoms with Gasteiger partial charge in [0.2, 0.25) is 11.8 Å². The van der Waals surface area contributed by atoms with Gasteiger partial charge in [-0.15, -0.1) is 0 Å². The van der Waals surface area contributed by atoms with Crippen molar-refractivity contribution in [3.8, 4) is 0 Å². The van der Waals surface area contributed by atoms with Crippen LogP contribution in [0.5, 0.6) is 0 Å². The number of likely N-dealkylation sites (tertiary alicyclic amines) is 1. The molecule has 0 radical (unpaired) electrons. The fourth-order valence-electron chi connectivity index (χ4n) is 3.18. The summed E-state index contributed by atoms with van der Waals surface area (Å²) in [5.74, 6) is -0.511. The average molecular weight is 380 g/mol. The number of anilines is 3. The molecule has 0 spiro atoms. The Balaban J connectivity index is 1.55. The Morgan fingerprint density at radius 1 is 0.857 bits per heavy atom. The quantitative estimate of drug-likeness (QED) is 0.758. The van der Waals surface area contributed by atoms with Gasteiger partial charge in [0.1, 0.15) is 0 Å². The summed E-state index contributed by atoms with van der Waals surface area (Å²) in [6.07, 6.45) is 1.52. The lowest BCUT2D eigenvalue weighted by Gasteiger charge is -2.32. The van der Waals surface area contributed by atoms with E-state index in [4.69, 9.17) is 0 Å². The molecule has 1 fully saturated rings. The van der Waals surface area contributed by atoms with Crippen LogP contribution in [0.15, 0.2) is 54.6 Å². The van der Waals surface area contributed by atoms with E-state index in [1.807, 2.05) is 30.3 Å². The molecule has 0 bridgehead atoms. The third-order valence-corrected chi connectivity index (χ3v) is 4.58. The first-order valence-corrected chi connectivity index (χ1v) is 9.31. The highest BCUT2D eigenvalue weighted by Crippen LogP contribution is 2.21. The highest BCUT2D eigenvalue weighted by atomic mass is 16.2. The molecule has 0 saturated carbocycles. The normalized spacial score (nSPS) is 16.2. The second-order valence-corrected chi connectivity index (χ2v) is 6.83. The molecule has 0 unspecified atom stereocenters. The molecule has 2 aromatic carbocycles. The molecule has 2 aromatic rings. The number of carbonyl (C=O) groups is 3. The summed E-state index contributed by atoms with van der Waals surface area (Å²) in [4.78, 5) is 37.8. The fraction of sp³-hybridized carbons (Fsp3) is 0.286. The van der Waals surface area contributed by atoms with Crippen LogP contribution in [0, 0.1) is 5.92 Å². The first-order valence-electron chi connectivity index (χ1n) is 9.31. The number of para-hydroxylation sites is 1. The number of carbonyl (C=O) groups excluding carboxylic acids is 3. The summed E-state index contributed by atoms with van der Waals surface area (Å²) >= 11 is 0. The van der Waals surface area contributed by atoms with E-state index in [0.29, 0.717) is 24.5 Å². The third kappa shape index (κ3) is 5.33. The number of hydrogen-bond acceptors (Lipinski definition) is 3. The molecule has 1 aliphatic heterocycles. The zero-order chi connectivity index (χ0) is 19.9. The van der Waals surface area contributed by atoms with Crippen molar-refractivity contribution in [2.75, 3.05) is 29.0 Å². The number of nitrogens with one attached hydrogen (secondary N) is 3. The molecule has 7 nitrogen and oxygen atoms in total. The molecule has 146 valence electrons. The summed E-state index contributed by atoms with van der Waals surface area (Å²) in [6, 6.07) is 16.0. The van der Waals surface area contributed by atoms with Crippen molar-refractivity contribution in [3.63, 3.8) is 0 Å². The monoisotopic (exact) mass is 380 g/mol. The van der Waals surface area contributed by atoms with Crippen molar-refractivity contribution in [1.29, 1.82) is 0 Å². The van der Waals surface area contributed by atoms with E-state index in [2.05, 4.69) is 16.0 Å². The maximum atomic E-state index is 12.6. The number of urea groups is 1. The smallest absolute Gasteiger partial charge is 0.321 e. The van der Waals surface area contributed by atoms with Crippen molar-refractivity contribution in [3.05, 3.63) is 54.6 Å². The summed E-state index contributed by atoms with van der Waals surface area (Å²) in [5.41, 5.74) is 2.07. The Kier molecular flexibility index (Phi) is 6.26. The van der Waals surface area contributed by atoms with Crippen LogP contribution in [0.3, 0.4) is 0 Å². The second kappa shape index (κ2) is 9.03. The van der Waals surface area contributed by atoms with Crippen LogP contribution in [-0.2, 0) is 9.59 Å². The number of piperidine rings is 1. The van der Waals surface area contributed by atoms with Crippen LogP contribution in [0.1, 0.15) is 19.8 Å². The highest BCUT2D eigenvalue weighted by molar-refractivity contribution is 5.95. The van der Waals surface area contributed by atoms with E-state index in [9.17, 15) is 14.4 Å². The van der Waals surface area contributed by atoms with Crippen molar-refractivity contribution in [1.82, 2.24) is 4.90 Å². The molecule has 1 saturated heterocycles. The molecule has 0 aromatic heterocycles. The molecular formula is C21H24N4O3. The Hall–Kier alpha value is -3.35. The van der Waals surface area contributed by atoms with E-state index in [-0.39, 0.29) is 23.8 Å². The van der Waals surface area contributed by atoms with Gasteiger partial charge in [-0.2, -0.15) is 0 Å². The molecule has 1 atom stereocenters. The van der Waals surface area contributed by atoms with Crippen LogP contribution in [0.2, 0.25) is 0 Å². The lowest BCUT2D eigenvalue weighted by molar-refractivity contribution is -0.121. The molecule has 1 heterocycles. The van der Waals surface area contributed by atoms with Gasteiger partial charge in [0, 0.05) is 37.1 Å². The average Bonchev–Trinajstić information content (AvgIpc) is 2.70. The zero-order valence-corrected chi connectivity index (χ0v) is 15.8. The maximum absolute atomic E-state index is 12.6. The van der Waals surface area contributed by atoms with E-state index in [1.54, 1.807) is 29.2 Å². The van der Waals surface area contributed by atoms with E-state index >= 15 is 0 Å². The third-order valence-electron chi connectivity index (χ3n) is 4.58. The van der Waals surface area contributed by atoms with Crippen molar-refractivity contribution < 1.29 is 14.4 Å². The van der Waals surface area contributed by atoms with Gasteiger partial charge in [-0.25, -0.2) is 4.79 Å². The van der Waals surface area contributed by atoms with Gasteiger partial charge in [0.15, 0.2) is 0 Å². The lowest BCUT2D eigenvalue weighted by Crippen LogP contribution is -2.45. The molecule has 3 rings (SSSR count). The summed E-state index contributed by atoms with van der Waals surface area (Å²) in [7, 11) is 0. The zero-order valence-electron chi connectivity index (χ0n) is 15.8. The predicted molar refractivity (Wildman–Crippen MR) is 109 cm³/mol. The van der Waals surface area contributed by atoms with Crippen LogP contribution in [0.4, 0.5) is 21.9 Å². The predicted octanol–water partition coefficient (Wildman–Crippen LogP) is 3.53. The summed E-state index contributed by atoms with van der Waals surface area (Å²) in [5, 5.41) is 8.44. The summed E-state index contributed by atoms with van der Waals surface area (Å²) < 4.78 is 0. The number of nitrogens with zero attached hydrogens (tertiary/aromatic N) is 1.